The van der Waals surface area contributed by atoms with Gasteiger partial charge in [0.15, 0.2) is 0 Å². The minimum atomic E-state index is -0.164. The van der Waals surface area contributed by atoms with Crippen LogP contribution < -0.4 is 10.1 Å². The van der Waals surface area contributed by atoms with Crippen molar-refractivity contribution in [1.82, 2.24) is 5.32 Å². The van der Waals surface area contributed by atoms with E-state index >= 15 is 0 Å². The molecule has 0 amide bonds. The van der Waals surface area contributed by atoms with Gasteiger partial charge in [0.1, 0.15) is 11.6 Å². The maximum atomic E-state index is 14.2. The van der Waals surface area contributed by atoms with E-state index in [1.165, 1.54) is 11.6 Å². The average molecular weight is 285 g/mol. The molecule has 0 aromatic heterocycles. The van der Waals surface area contributed by atoms with Crippen LogP contribution in [0.4, 0.5) is 4.39 Å². The van der Waals surface area contributed by atoms with Crippen LogP contribution >= 0.6 is 0 Å². The van der Waals surface area contributed by atoms with Crippen molar-refractivity contribution in [3.63, 3.8) is 0 Å². The summed E-state index contributed by atoms with van der Waals surface area (Å²) in [5.41, 5.74) is 3.01. The SMILES string of the molecule is CCCNC(c1ccc2c(c1)CCO2)c1ccccc1F. The largest absolute Gasteiger partial charge is 0.493 e. The Morgan fingerprint density at radius 2 is 2.10 bits per heavy atom. The summed E-state index contributed by atoms with van der Waals surface area (Å²) in [6.45, 7) is 3.71. The minimum absolute atomic E-state index is 0.114. The van der Waals surface area contributed by atoms with Crippen molar-refractivity contribution in [1.29, 1.82) is 0 Å². The number of hydrogen-bond acceptors (Lipinski definition) is 2. The predicted octanol–water partition coefficient (Wildman–Crippen LogP) is 3.85. The third-order valence-electron chi connectivity index (χ3n) is 3.86. The van der Waals surface area contributed by atoms with Crippen molar-refractivity contribution in [2.45, 2.75) is 25.8 Å². The first-order chi connectivity index (χ1) is 10.3. The molecule has 1 unspecified atom stereocenters. The Bertz CT molecular complexity index is 626. The Kier molecular flexibility index (Phi) is 4.20. The summed E-state index contributed by atoms with van der Waals surface area (Å²) in [4.78, 5) is 0. The van der Waals surface area contributed by atoms with Gasteiger partial charge in [-0.05, 0) is 36.2 Å². The van der Waals surface area contributed by atoms with Gasteiger partial charge >= 0.3 is 0 Å². The molecule has 0 saturated heterocycles. The smallest absolute Gasteiger partial charge is 0.128 e. The Morgan fingerprint density at radius 1 is 1.24 bits per heavy atom. The molecule has 0 fully saturated rings. The first-order valence-corrected chi connectivity index (χ1v) is 7.53. The van der Waals surface area contributed by atoms with Gasteiger partial charge in [-0.25, -0.2) is 4.39 Å². The van der Waals surface area contributed by atoms with Gasteiger partial charge in [-0.1, -0.05) is 37.3 Å². The summed E-state index contributed by atoms with van der Waals surface area (Å²) >= 11 is 0. The third kappa shape index (κ3) is 2.93. The molecule has 21 heavy (non-hydrogen) atoms. The average Bonchev–Trinajstić information content (AvgIpc) is 2.97. The third-order valence-corrected chi connectivity index (χ3v) is 3.86. The molecule has 1 aliphatic rings. The van der Waals surface area contributed by atoms with Gasteiger partial charge in [-0.3, -0.25) is 0 Å². The number of benzene rings is 2. The molecule has 2 aromatic carbocycles. The highest BCUT2D eigenvalue weighted by Crippen LogP contribution is 2.31. The molecule has 3 heteroatoms. The molecule has 1 heterocycles. The fourth-order valence-electron chi connectivity index (χ4n) is 2.79. The van der Waals surface area contributed by atoms with E-state index in [4.69, 9.17) is 4.74 Å². The molecule has 3 rings (SSSR count). The molecule has 1 N–H and O–H groups in total. The molecule has 110 valence electrons. The number of nitrogens with one attached hydrogen (secondary N) is 1. The predicted molar refractivity (Wildman–Crippen MR) is 82.2 cm³/mol. The summed E-state index contributed by atoms with van der Waals surface area (Å²) in [5.74, 6) is 0.796. The van der Waals surface area contributed by atoms with E-state index < -0.39 is 0 Å². The van der Waals surface area contributed by atoms with E-state index in [2.05, 4.69) is 18.3 Å². The zero-order valence-electron chi connectivity index (χ0n) is 12.2. The minimum Gasteiger partial charge on any atom is -0.493 e. The van der Waals surface area contributed by atoms with Gasteiger partial charge in [0.2, 0.25) is 0 Å². The molecular weight excluding hydrogens is 265 g/mol. The lowest BCUT2D eigenvalue weighted by Crippen LogP contribution is -2.24. The standard InChI is InChI=1S/C18H20FNO/c1-2-10-20-18(15-5-3-4-6-16(15)19)14-7-8-17-13(12-14)9-11-21-17/h3-8,12,18,20H,2,9-11H2,1H3. The lowest BCUT2D eigenvalue weighted by Gasteiger charge is -2.20. The van der Waals surface area contributed by atoms with Gasteiger partial charge < -0.3 is 10.1 Å². The van der Waals surface area contributed by atoms with Crippen LogP contribution in [0.1, 0.15) is 36.1 Å². The monoisotopic (exact) mass is 285 g/mol. The molecule has 2 aromatic rings. The zero-order valence-corrected chi connectivity index (χ0v) is 12.2. The normalized spacial score (nSPS) is 14.6. The van der Waals surface area contributed by atoms with Crippen molar-refractivity contribution in [3.05, 3.63) is 65.0 Å². The number of hydrogen-bond donors (Lipinski definition) is 1. The topological polar surface area (TPSA) is 21.3 Å². The summed E-state index contributed by atoms with van der Waals surface area (Å²) < 4.78 is 19.7. The van der Waals surface area contributed by atoms with Crippen molar-refractivity contribution in [2.24, 2.45) is 0 Å². The lowest BCUT2D eigenvalue weighted by atomic mass is 9.96. The second kappa shape index (κ2) is 6.27. The van der Waals surface area contributed by atoms with E-state index in [9.17, 15) is 4.39 Å². The van der Waals surface area contributed by atoms with Crippen LogP contribution in [0.2, 0.25) is 0 Å². The molecule has 0 saturated carbocycles. The first kappa shape index (κ1) is 14.1. The van der Waals surface area contributed by atoms with Crippen molar-refractivity contribution in [2.75, 3.05) is 13.2 Å². The molecule has 0 aliphatic carbocycles. The number of rotatable bonds is 5. The molecular formula is C18H20FNO. The Labute approximate surface area is 125 Å². The quantitative estimate of drug-likeness (QED) is 0.901. The van der Waals surface area contributed by atoms with E-state index in [-0.39, 0.29) is 11.9 Å². The molecule has 1 aliphatic heterocycles. The Balaban J connectivity index is 1.97. The highest BCUT2D eigenvalue weighted by Gasteiger charge is 2.20. The Hall–Kier alpha value is -1.87. The summed E-state index contributed by atoms with van der Waals surface area (Å²) in [6.07, 6.45) is 1.94. The van der Waals surface area contributed by atoms with Gasteiger partial charge in [0, 0.05) is 12.0 Å². The van der Waals surface area contributed by atoms with Crippen LogP contribution in [0, 0.1) is 5.82 Å². The van der Waals surface area contributed by atoms with Crippen LogP contribution in [-0.4, -0.2) is 13.2 Å². The Morgan fingerprint density at radius 3 is 2.90 bits per heavy atom. The molecule has 1 atom stereocenters. The van der Waals surface area contributed by atoms with Crippen LogP contribution in [0.5, 0.6) is 5.75 Å². The summed E-state index contributed by atoms with van der Waals surface area (Å²) in [7, 11) is 0. The highest BCUT2D eigenvalue weighted by molar-refractivity contribution is 5.43. The number of fused-ring (bicyclic) bond motifs is 1. The molecule has 2 nitrogen and oxygen atoms in total. The molecule has 0 spiro atoms. The summed E-state index contributed by atoms with van der Waals surface area (Å²) in [5, 5.41) is 3.45. The van der Waals surface area contributed by atoms with Crippen molar-refractivity contribution in [3.8, 4) is 5.75 Å². The first-order valence-electron chi connectivity index (χ1n) is 7.53. The second-order valence-electron chi connectivity index (χ2n) is 5.37. The number of halogens is 1. The van der Waals surface area contributed by atoms with Crippen LogP contribution in [-0.2, 0) is 6.42 Å². The lowest BCUT2D eigenvalue weighted by molar-refractivity contribution is 0.357. The van der Waals surface area contributed by atoms with E-state index in [1.54, 1.807) is 6.07 Å². The fourth-order valence-corrected chi connectivity index (χ4v) is 2.79. The van der Waals surface area contributed by atoms with Crippen LogP contribution in [0.25, 0.3) is 0 Å². The zero-order chi connectivity index (χ0) is 14.7. The van der Waals surface area contributed by atoms with Gasteiger partial charge in [0.05, 0.1) is 12.6 Å². The van der Waals surface area contributed by atoms with E-state index in [0.29, 0.717) is 5.56 Å². The van der Waals surface area contributed by atoms with Crippen LogP contribution in [0.15, 0.2) is 42.5 Å². The second-order valence-corrected chi connectivity index (χ2v) is 5.37. The molecule has 0 bridgehead atoms. The van der Waals surface area contributed by atoms with Gasteiger partial charge in [0.25, 0.3) is 0 Å². The van der Waals surface area contributed by atoms with E-state index in [0.717, 1.165) is 37.3 Å². The number of ether oxygens (including phenoxy) is 1. The molecule has 0 radical (unpaired) electrons. The van der Waals surface area contributed by atoms with Gasteiger partial charge in [-0.15, -0.1) is 0 Å². The van der Waals surface area contributed by atoms with Crippen LogP contribution in [0.3, 0.4) is 0 Å². The maximum absolute atomic E-state index is 14.2. The maximum Gasteiger partial charge on any atom is 0.128 e. The van der Waals surface area contributed by atoms with E-state index in [1.807, 2.05) is 24.3 Å². The fraction of sp³-hybridized carbons (Fsp3) is 0.333. The highest BCUT2D eigenvalue weighted by atomic mass is 19.1. The van der Waals surface area contributed by atoms with Crippen molar-refractivity contribution >= 4 is 0 Å². The summed E-state index contributed by atoms with van der Waals surface area (Å²) in [6, 6.07) is 13.0. The van der Waals surface area contributed by atoms with Gasteiger partial charge in [-0.2, -0.15) is 0 Å². The van der Waals surface area contributed by atoms with Crippen molar-refractivity contribution < 1.29 is 9.13 Å².